The Bertz CT molecular complexity index is 477. The summed E-state index contributed by atoms with van der Waals surface area (Å²) < 4.78 is -2.01. The number of hydrogen-bond donors (Lipinski definition) is 2. The predicted octanol–water partition coefficient (Wildman–Crippen LogP) is 4.15. The first-order valence-electron chi connectivity index (χ1n) is 4.86. The largest absolute Gasteiger partial charge is 0.369 e. The molecule has 2 N–H and O–H groups in total. The molecule has 0 saturated carbocycles. The molecule has 106 valence electrons. The Morgan fingerprint density at radius 2 is 1.89 bits per heavy atom. The van der Waals surface area contributed by atoms with Crippen LogP contribution < -0.4 is 5.32 Å². The van der Waals surface area contributed by atoms with E-state index < -0.39 is 16.1 Å². The van der Waals surface area contributed by atoms with Crippen LogP contribution in [-0.2, 0) is 0 Å². The van der Waals surface area contributed by atoms with Gasteiger partial charge in [0.25, 0.3) is 0 Å². The van der Waals surface area contributed by atoms with E-state index in [1.54, 1.807) is 6.07 Å². The number of nitrogens with zero attached hydrogens (tertiary/aromatic N) is 1. The van der Waals surface area contributed by atoms with Crippen LogP contribution in [0.5, 0.6) is 0 Å². The highest BCUT2D eigenvalue weighted by atomic mass is 35.6. The van der Waals surface area contributed by atoms with Gasteiger partial charge in [-0.15, -0.1) is 0 Å². The van der Waals surface area contributed by atoms with Crippen LogP contribution in [0.1, 0.15) is 0 Å². The second kappa shape index (κ2) is 6.57. The Hall–Kier alpha value is -0.100. The van der Waals surface area contributed by atoms with Gasteiger partial charge in [-0.3, -0.25) is 4.90 Å². The zero-order valence-electron chi connectivity index (χ0n) is 9.50. The number of carbonyl (C=O) groups is 1. The Morgan fingerprint density at radius 3 is 2.37 bits per heavy atom. The van der Waals surface area contributed by atoms with Gasteiger partial charge in [0, 0.05) is 12.7 Å². The van der Waals surface area contributed by atoms with Crippen LogP contribution in [0.3, 0.4) is 0 Å². The van der Waals surface area contributed by atoms with Crippen molar-refractivity contribution in [1.82, 2.24) is 4.90 Å². The SMILES string of the molecule is CN(C(=O)Nc1ccc(Cl)c(Cl)c1)C(O)C(Cl)(Cl)Cl. The molecule has 0 aliphatic carbocycles. The molecule has 1 atom stereocenters. The zero-order chi connectivity index (χ0) is 14.8. The highest BCUT2D eigenvalue weighted by molar-refractivity contribution is 6.68. The smallest absolute Gasteiger partial charge is 0.323 e. The molecule has 0 radical (unpaired) electrons. The average molecular weight is 366 g/mol. The van der Waals surface area contributed by atoms with Gasteiger partial charge in [-0.2, -0.15) is 0 Å². The maximum atomic E-state index is 11.8. The number of anilines is 1. The van der Waals surface area contributed by atoms with E-state index in [1.165, 1.54) is 19.2 Å². The predicted molar refractivity (Wildman–Crippen MR) is 79.5 cm³/mol. The quantitative estimate of drug-likeness (QED) is 0.610. The molecule has 9 heteroatoms. The van der Waals surface area contributed by atoms with E-state index in [-0.39, 0.29) is 5.02 Å². The van der Waals surface area contributed by atoms with Gasteiger partial charge >= 0.3 is 6.03 Å². The molecule has 0 aliphatic heterocycles. The summed E-state index contributed by atoms with van der Waals surface area (Å²) in [5, 5.41) is 12.7. The highest BCUT2D eigenvalue weighted by Crippen LogP contribution is 2.32. The van der Waals surface area contributed by atoms with E-state index in [2.05, 4.69) is 5.32 Å². The first-order chi connectivity index (χ1) is 8.62. The van der Waals surface area contributed by atoms with Gasteiger partial charge in [-0.05, 0) is 18.2 Å². The third-order valence-electron chi connectivity index (χ3n) is 2.15. The summed E-state index contributed by atoms with van der Waals surface area (Å²) in [5.74, 6) is 0. The minimum atomic E-state index is -2.01. The van der Waals surface area contributed by atoms with Gasteiger partial charge in [0.2, 0.25) is 3.79 Å². The summed E-state index contributed by atoms with van der Waals surface area (Å²) in [5.41, 5.74) is 0.391. The van der Waals surface area contributed by atoms with Crippen molar-refractivity contribution in [3.63, 3.8) is 0 Å². The van der Waals surface area contributed by atoms with Crippen molar-refractivity contribution in [2.24, 2.45) is 0 Å². The lowest BCUT2D eigenvalue weighted by molar-refractivity contribution is 0.0547. The van der Waals surface area contributed by atoms with Crippen LogP contribution in [-0.4, -0.2) is 33.1 Å². The molecule has 4 nitrogen and oxygen atoms in total. The second-order valence-electron chi connectivity index (χ2n) is 3.59. The molecule has 2 amide bonds. The molecule has 1 unspecified atom stereocenters. The molecule has 0 aliphatic rings. The third-order valence-corrected chi connectivity index (χ3v) is 3.48. The summed E-state index contributed by atoms with van der Waals surface area (Å²) >= 11 is 28.0. The third kappa shape index (κ3) is 4.74. The monoisotopic (exact) mass is 364 g/mol. The Labute approximate surface area is 135 Å². The molecule has 1 aromatic rings. The van der Waals surface area contributed by atoms with Crippen LogP contribution in [0.25, 0.3) is 0 Å². The summed E-state index contributed by atoms with van der Waals surface area (Å²) in [7, 11) is 1.28. The fourth-order valence-corrected chi connectivity index (χ4v) is 1.85. The molecule has 0 aromatic heterocycles. The van der Waals surface area contributed by atoms with E-state index in [0.717, 1.165) is 4.90 Å². The van der Waals surface area contributed by atoms with Crippen molar-refractivity contribution in [2.75, 3.05) is 12.4 Å². The van der Waals surface area contributed by atoms with Crippen LogP contribution in [0, 0.1) is 0 Å². The number of hydrogen-bond acceptors (Lipinski definition) is 2. The average Bonchev–Trinajstić information content (AvgIpc) is 2.30. The number of amides is 2. The number of benzene rings is 1. The molecule has 1 rings (SSSR count). The Balaban J connectivity index is 2.77. The minimum absolute atomic E-state index is 0.282. The maximum Gasteiger partial charge on any atom is 0.323 e. The zero-order valence-corrected chi connectivity index (χ0v) is 13.3. The second-order valence-corrected chi connectivity index (χ2v) is 6.77. The highest BCUT2D eigenvalue weighted by Gasteiger charge is 2.36. The minimum Gasteiger partial charge on any atom is -0.369 e. The molecular formula is C10H9Cl5N2O2. The van der Waals surface area contributed by atoms with Crippen molar-refractivity contribution >= 4 is 69.7 Å². The molecule has 0 saturated heterocycles. The molecule has 0 bridgehead atoms. The van der Waals surface area contributed by atoms with E-state index >= 15 is 0 Å². The lowest BCUT2D eigenvalue weighted by atomic mass is 10.3. The normalized spacial score (nSPS) is 13.0. The fourth-order valence-electron chi connectivity index (χ4n) is 1.12. The Morgan fingerprint density at radius 1 is 1.32 bits per heavy atom. The number of nitrogens with one attached hydrogen (secondary N) is 1. The van der Waals surface area contributed by atoms with Gasteiger partial charge in [0.05, 0.1) is 10.0 Å². The van der Waals surface area contributed by atoms with E-state index in [9.17, 15) is 9.90 Å². The van der Waals surface area contributed by atoms with E-state index in [0.29, 0.717) is 10.7 Å². The first-order valence-corrected chi connectivity index (χ1v) is 6.75. The summed E-state index contributed by atoms with van der Waals surface area (Å²) in [6, 6.07) is 3.85. The van der Waals surface area contributed by atoms with E-state index in [4.69, 9.17) is 58.0 Å². The maximum absolute atomic E-state index is 11.8. The van der Waals surface area contributed by atoms with Gasteiger partial charge in [0.1, 0.15) is 0 Å². The standard InChI is InChI=1S/C10H9Cl5N2O2/c1-17(8(18)10(13,14)15)9(19)16-5-2-3-6(11)7(12)4-5/h2-4,8,18H,1H3,(H,16,19). The number of alkyl halides is 3. The van der Waals surface area contributed by atoms with Crippen LogP contribution in [0.15, 0.2) is 18.2 Å². The summed E-state index contributed by atoms with van der Waals surface area (Å²) in [6.45, 7) is 0. The van der Waals surface area contributed by atoms with Gasteiger partial charge in [-0.25, -0.2) is 4.79 Å². The number of halogens is 5. The fraction of sp³-hybridized carbons (Fsp3) is 0.300. The molecule has 1 aromatic carbocycles. The summed E-state index contributed by atoms with van der Waals surface area (Å²) in [6.07, 6.45) is -1.60. The van der Waals surface area contributed by atoms with Crippen molar-refractivity contribution in [3.05, 3.63) is 28.2 Å². The number of carbonyl (C=O) groups excluding carboxylic acids is 1. The molecule has 0 fully saturated rings. The number of aliphatic hydroxyl groups excluding tert-OH is 1. The number of urea groups is 1. The van der Waals surface area contributed by atoms with Crippen molar-refractivity contribution < 1.29 is 9.90 Å². The van der Waals surface area contributed by atoms with Crippen molar-refractivity contribution in [3.8, 4) is 0 Å². The molecule has 0 spiro atoms. The van der Waals surface area contributed by atoms with Crippen molar-refractivity contribution in [1.29, 1.82) is 0 Å². The molecule has 19 heavy (non-hydrogen) atoms. The van der Waals surface area contributed by atoms with Crippen LogP contribution in [0.4, 0.5) is 10.5 Å². The van der Waals surface area contributed by atoms with Crippen molar-refractivity contribution in [2.45, 2.75) is 10.0 Å². The summed E-state index contributed by atoms with van der Waals surface area (Å²) in [4.78, 5) is 12.6. The van der Waals surface area contributed by atoms with Crippen LogP contribution in [0.2, 0.25) is 10.0 Å². The topological polar surface area (TPSA) is 52.6 Å². The lowest BCUT2D eigenvalue weighted by Gasteiger charge is -2.28. The molecule has 0 heterocycles. The van der Waals surface area contributed by atoms with Gasteiger partial charge in [-0.1, -0.05) is 58.0 Å². The van der Waals surface area contributed by atoms with E-state index in [1.807, 2.05) is 0 Å². The van der Waals surface area contributed by atoms with Gasteiger partial charge < -0.3 is 10.4 Å². The molecular weight excluding hydrogens is 357 g/mol. The Kier molecular flexibility index (Phi) is 5.86. The first kappa shape index (κ1) is 17.0. The number of rotatable bonds is 2. The van der Waals surface area contributed by atoms with Crippen LogP contribution >= 0.6 is 58.0 Å². The lowest BCUT2D eigenvalue weighted by Crippen LogP contribution is -2.46. The van der Waals surface area contributed by atoms with Gasteiger partial charge in [0.15, 0.2) is 6.23 Å². The number of aliphatic hydroxyl groups is 1.